The fraction of sp³-hybridized carbons (Fsp3) is 0.333. The molecule has 0 aliphatic carbocycles. The lowest BCUT2D eigenvalue weighted by Gasteiger charge is -2.07. The Hall–Kier alpha value is -3.22. The highest BCUT2D eigenvalue weighted by molar-refractivity contribution is 5.72. The quantitative estimate of drug-likeness (QED) is 0.341. The SMILES string of the molecule is Cc1[nH]c(C2CCCN2)nc1-c1ccc(-c2ccc(-c3cnc(C4CCCN4)[nH]3)cc2)cc1. The number of aromatic amines is 2. The summed E-state index contributed by atoms with van der Waals surface area (Å²) in [6.07, 6.45) is 6.68. The Morgan fingerprint density at radius 1 is 0.697 bits per heavy atom. The highest BCUT2D eigenvalue weighted by Gasteiger charge is 2.21. The van der Waals surface area contributed by atoms with E-state index in [4.69, 9.17) is 4.98 Å². The second-order valence-electron chi connectivity index (χ2n) is 9.23. The molecule has 4 heterocycles. The number of aromatic nitrogens is 4. The number of hydrogen-bond acceptors (Lipinski definition) is 4. The first-order chi connectivity index (χ1) is 16.2. The zero-order chi connectivity index (χ0) is 22.2. The van der Waals surface area contributed by atoms with E-state index in [-0.39, 0.29) is 0 Å². The predicted molar refractivity (Wildman–Crippen MR) is 132 cm³/mol. The standard InChI is InChI=1S/C27H30N6/c1-17-25(33-27(31-17)23-5-3-15-29-23)21-12-8-19(9-13-21)18-6-10-20(11-7-18)24-16-30-26(32-24)22-4-2-14-28-22/h6-13,16,22-23,28-29H,2-5,14-15H2,1H3,(H,30,32)(H,31,33). The van der Waals surface area contributed by atoms with Crippen molar-refractivity contribution in [1.82, 2.24) is 30.6 Å². The zero-order valence-corrected chi connectivity index (χ0v) is 19.0. The van der Waals surface area contributed by atoms with Crippen molar-refractivity contribution in [2.75, 3.05) is 13.1 Å². The van der Waals surface area contributed by atoms with Crippen LogP contribution in [-0.2, 0) is 0 Å². The number of rotatable bonds is 5. The second-order valence-corrected chi connectivity index (χ2v) is 9.23. The van der Waals surface area contributed by atoms with Gasteiger partial charge in [0.25, 0.3) is 0 Å². The predicted octanol–water partition coefficient (Wildman–Crippen LogP) is 5.29. The van der Waals surface area contributed by atoms with Gasteiger partial charge in [-0.3, -0.25) is 0 Å². The molecule has 0 radical (unpaired) electrons. The molecule has 2 fully saturated rings. The van der Waals surface area contributed by atoms with Crippen molar-refractivity contribution >= 4 is 0 Å². The van der Waals surface area contributed by atoms with Crippen LogP contribution < -0.4 is 10.6 Å². The summed E-state index contributed by atoms with van der Waals surface area (Å²) in [5, 5.41) is 7.02. The molecule has 2 aromatic carbocycles. The van der Waals surface area contributed by atoms with Gasteiger partial charge >= 0.3 is 0 Å². The van der Waals surface area contributed by atoms with Crippen LogP contribution in [-0.4, -0.2) is 33.0 Å². The fourth-order valence-electron chi connectivity index (χ4n) is 5.09. The van der Waals surface area contributed by atoms with Crippen LogP contribution in [0.1, 0.15) is 55.1 Å². The van der Waals surface area contributed by atoms with Crippen molar-refractivity contribution < 1.29 is 0 Å². The summed E-state index contributed by atoms with van der Waals surface area (Å²) in [6.45, 7) is 4.26. The number of H-pyrrole nitrogens is 2. The monoisotopic (exact) mass is 438 g/mol. The van der Waals surface area contributed by atoms with Gasteiger partial charge in [-0.1, -0.05) is 48.5 Å². The van der Waals surface area contributed by atoms with Crippen LogP contribution in [0.2, 0.25) is 0 Å². The molecular formula is C27H30N6. The van der Waals surface area contributed by atoms with E-state index in [2.05, 4.69) is 81.0 Å². The first kappa shape index (κ1) is 20.4. The van der Waals surface area contributed by atoms with Crippen LogP contribution in [0.25, 0.3) is 33.6 Å². The minimum atomic E-state index is 0.357. The lowest BCUT2D eigenvalue weighted by atomic mass is 10.0. The van der Waals surface area contributed by atoms with E-state index in [9.17, 15) is 0 Å². The molecule has 6 nitrogen and oxygen atoms in total. The van der Waals surface area contributed by atoms with Crippen LogP contribution in [0.3, 0.4) is 0 Å². The Balaban J connectivity index is 1.19. The summed E-state index contributed by atoms with van der Waals surface area (Å²) in [7, 11) is 0. The van der Waals surface area contributed by atoms with E-state index >= 15 is 0 Å². The normalized spacial score (nSPS) is 20.5. The number of hydrogen-bond donors (Lipinski definition) is 4. The number of aryl methyl sites for hydroxylation is 1. The lowest BCUT2D eigenvalue weighted by molar-refractivity contribution is 0.612. The van der Waals surface area contributed by atoms with Crippen molar-refractivity contribution in [3.63, 3.8) is 0 Å². The average Bonchev–Trinajstić information content (AvgIpc) is 3.66. The molecule has 2 unspecified atom stereocenters. The fourth-order valence-corrected chi connectivity index (χ4v) is 5.09. The van der Waals surface area contributed by atoms with Crippen LogP contribution in [0.15, 0.2) is 54.7 Å². The largest absolute Gasteiger partial charge is 0.344 e. The third-order valence-corrected chi connectivity index (χ3v) is 6.97. The van der Waals surface area contributed by atoms with Gasteiger partial charge in [0, 0.05) is 11.3 Å². The minimum absolute atomic E-state index is 0.357. The zero-order valence-electron chi connectivity index (χ0n) is 19.0. The van der Waals surface area contributed by atoms with E-state index in [0.717, 1.165) is 65.8 Å². The molecule has 2 aliphatic rings. The summed E-state index contributed by atoms with van der Waals surface area (Å²) in [5.41, 5.74) is 7.97. The number of nitrogens with zero attached hydrogens (tertiary/aromatic N) is 2. The van der Waals surface area contributed by atoms with Crippen LogP contribution in [0.5, 0.6) is 0 Å². The maximum absolute atomic E-state index is 4.91. The van der Waals surface area contributed by atoms with Crippen molar-refractivity contribution in [3.05, 3.63) is 72.1 Å². The average molecular weight is 439 g/mol. The Kier molecular flexibility index (Phi) is 5.32. The molecule has 6 heteroatoms. The molecule has 2 saturated heterocycles. The summed E-state index contributed by atoms with van der Waals surface area (Å²) in [4.78, 5) is 16.5. The Morgan fingerprint density at radius 3 is 1.88 bits per heavy atom. The van der Waals surface area contributed by atoms with Crippen LogP contribution >= 0.6 is 0 Å². The van der Waals surface area contributed by atoms with E-state index < -0.39 is 0 Å². The molecule has 2 aliphatic heterocycles. The van der Waals surface area contributed by atoms with Crippen LogP contribution in [0.4, 0.5) is 0 Å². The molecule has 4 aromatic rings. The minimum Gasteiger partial charge on any atom is -0.344 e. The van der Waals surface area contributed by atoms with Crippen molar-refractivity contribution in [2.24, 2.45) is 0 Å². The molecule has 0 amide bonds. The summed E-state index contributed by atoms with van der Waals surface area (Å²) in [5.74, 6) is 2.10. The number of imidazole rings is 2. The molecule has 33 heavy (non-hydrogen) atoms. The van der Waals surface area contributed by atoms with E-state index in [0.29, 0.717) is 12.1 Å². The van der Waals surface area contributed by atoms with Gasteiger partial charge in [-0.05, 0) is 62.4 Å². The Labute approximate surface area is 194 Å². The van der Waals surface area contributed by atoms with Gasteiger partial charge < -0.3 is 20.6 Å². The van der Waals surface area contributed by atoms with Gasteiger partial charge in [-0.2, -0.15) is 0 Å². The van der Waals surface area contributed by atoms with Crippen molar-refractivity contribution in [3.8, 4) is 33.6 Å². The number of benzene rings is 2. The lowest BCUT2D eigenvalue weighted by Crippen LogP contribution is -2.14. The highest BCUT2D eigenvalue weighted by atomic mass is 15.0. The van der Waals surface area contributed by atoms with Gasteiger partial charge in [-0.15, -0.1) is 0 Å². The van der Waals surface area contributed by atoms with Gasteiger partial charge in [0.2, 0.25) is 0 Å². The maximum Gasteiger partial charge on any atom is 0.124 e. The number of nitrogens with one attached hydrogen (secondary N) is 4. The third-order valence-electron chi connectivity index (χ3n) is 6.97. The summed E-state index contributed by atoms with van der Waals surface area (Å²) < 4.78 is 0. The first-order valence-electron chi connectivity index (χ1n) is 12.0. The van der Waals surface area contributed by atoms with E-state index in [1.54, 1.807) is 0 Å². The Bertz CT molecular complexity index is 1220. The van der Waals surface area contributed by atoms with E-state index in [1.807, 2.05) is 6.20 Å². The molecule has 0 saturated carbocycles. The second kappa shape index (κ2) is 8.61. The molecule has 0 bridgehead atoms. The summed E-state index contributed by atoms with van der Waals surface area (Å²) >= 11 is 0. The van der Waals surface area contributed by atoms with Gasteiger partial charge in [-0.25, -0.2) is 9.97 Å². The first-order valence-corrected chi connectivity index (χ1v) is 12.0. The molecule has 0 spiro atoms. The van der Waals surface area contributed by atoms with Crippen molar-refractivity contribution in [2.45, 2.75) is 44.7 Å². The molecule has 2 atom stereocenters. The third kappa shape index (κ3) is 4.01. The molecule has 6 rings (SSSR count). The molecule has 4 N–H and O–H groups in total. The molecule has 168 valence electrons. The van der Waals surface area contributed by atoms with Gasteiger partial charge in [0.15, 0.2) is 0 Å². The maximum atomic E-state index is 4.91. The van der Waals surface area contributed by atoms with Crippen LogP contribution in [0, 0.1) is 6.92 Å². The Morgan fingerprint density at radius 2 is 1.27 bits per heavy atom. The summed E-state index contributed by atoms with van der Waals surface area (Å²) in [6, 6.07) is 18.1. The molecule has 2 aromatic heterocycles. The molecular weight excluding hydrogens is 408 g/mol. The van der Waals surface area contributed by atoms with E-state index in [1.165, 1.54) is 24.0 Å². The van der Waals surface area contributed by atoms with Gasteiger partial charge in [0.1, 0.15) is 11.6 Å². The highest BCUT2D eigenvalue weighted by Crippen LogP contribution is 2.30. The smallest absolute Gasteiger partial charge is 0.124 e. The van der Waals surface area contributed by atoms with Gasteiger partial charge in [0.05, 0.1) is 29.7 Å². The topological polar surface area (TPSA) is 81.4 Å². The van der Waals surface area contributed by atoms with Crippen molar-refractivity contribution in [1.29, 1.82) is 0 Å².